The smallest absolute Gasteiger partial charge is 0.0675 e. The minimum Gasteiger partial charge on any atom is -0.390 e. The molecule has 3 unspecified atom stereocenters. The van der Waals surface area contributed by atoms with E-state index in [0.29, 0.717) is 11.8 Å². The molecule has 0 amide bonds. The molecular weight excluding hydrogens is 220 g/mol. The quantitative estimate of drug-likeness (QED) is 0.844. The van der Waals surface area contributed by atoms with Gasteiger partial charge in [-0.3, -0.25) is 0 Å². The molecule has 1 N–H and O–H groups in total. The summed E-state index contributed by atoms with van der Waals surface area (Å²) in [7, 11) is 0. The van der Waals surface area contributed by atoms with Crippen LogP contribution in [0.3, 0.4) is 0 Å². The predicted molar refractivity (Wildman–Crippen MR) is 76.5 cm³/mol. The van der Waals surface area contributed by atoms with E-state index in [4.69, 9.17) is 0 Å². The van der Waals surface area contributed by atoms with E-state index in [9.17, 15) is 5.11 Å². The van der Waals surface area contributed by atoms with Gasteiger partial charge in [0.05, 0.1) is 5.60 Å². The molecular formula is C17H26O. The highest BCUT2D eigenvalue weighted by atomic mass is 16.3. The highest BCUT2D eigenvalue weighted by Crippen LogP contribution is 2.39. The van der Waals surface area contributed by atoms with E-state index in [1.165, 1.54) is 18.4 Å². The standard InChI is InChI=1S/C17H26O/c1-14-10-11-15(2)17(18,13-14)12-6-9-16-7-4-3-5-8-16/h3-5,7-8,14-15,18H,6,9-13H2,1-2H3. The summed E-state index contributed by atoms with van der Waals surface area (Å²) >= 11 is 0. The third-order valence-electron chi connectivity index (χ3n) is 4.63. The molecule has 1 heteroatoms. The summed E-state index contributed by atoms with van der Waals surface area (Å²) < 4.78 is 0. The first-order valence-corrected chi connectivity index (χ1v) is 7.36. The molecule has 0 saturated heterocycles. The fraction of sp³-hybridized carbons (Fsp3) is 0.647. The van der Waals surface area contributed by atoms with Crippen LogP contribution in [0.15, 0.2) is 30.3 Å². The van der Waals surface area contributed by atoms with Crippen LogP contribution in [0, 0.1) is 11.8 Å². The molecule has 18 heavy (non-hydrogen) atoms. The summed E-state index contributed by atoms with van der Waals surface area (Å²) in [5.74, 6) is 1.15. The van der Waals surface area contributed by atoms with Crippen molar-refractivity contribution < 1.29 is 5.11 Å². The van der Waals surface area contributed by atoms with Gasteiger partial charge in [-0.15, -0.1) is 0 Å². The van der Waals surface area contributed by atoms with Gasteiger partial charge in [-0.25, -0.2) is 0 Å². The van der Waals surface area contributed by atoms with E-state index in [2.05, 4.69) is 44.2 Å². The zero-order valence-corrected chi connectivity index (χ0v) is 11.7. The first-order valence-electron chi connectivity index (χ1n) is 7.36. The molecule has 2 rings (SSSR count). The molecule has 1 aliphatic rings. The molecule has 0 spiro atoms. The van der Waals surface area contributed by atoms with Crippen LogP contribution >= 0.6 is 0 Å². The largest absolute Gasteiger partial charge is 0.390 e. The van der Waals surface area contributed by atoms with Crippen LogP contribution in [0.4, 0.5) is 0 Å². The van der Waals surface area contributed by atoms with Crippen LogP contribution in [0.1, 0.15) is 51.5 Å². The van der Waals surface area contributed by atoms with Gasteiger partial charge in [0, 0.05) is 0 Å². The number of hydrogen-bond acceptors (Lipinski definition) is 1. The van der Waals surface area contributed by atoms with Crippen molar-refractivity contribution in [3.8, 4) is 0 Å². The number of rotatable bonds is 4. The second-order valence-electron chi connectivity index (χ2n) is 6.23. The van der Waals surface area contributed by atoms with E-state index in [1.54, 1.807) is 0 Å². The zero-order valence-electron chi connectivity index (χ0n) is 11.7. The molecule has 1 fully saturated rings. The van der Waals surface area contributed by atoms with Gasteiger partial charge in [-0.05, 0) is 49.5 Å². The van der Waals surface area contributed by atoms with Gasteiger partial charge in [-0.2, -0.15) is 0 Å². The molecule has 100 valence electrons. The van der Waals surface area contributed by atoms with Crippen molar-refractivity contribution in [3.63, 3.8) is 0 Å². The van der Waals surface area contributed by atoms with E-state index < -0.39 is 5.60 Å². The Bertz CT molecular complexity index is 359. The molecule has 1 nitrogen and oxygen atoms in total. The molecule has 1 saturated carbocycles. The second-order valence-corrected chi connectivity index (χ2v) is 6.23. The summed E-state index contributed by atoms with van der Waals surface area (Å²) in [4.78, 5) is 0. The van der Waals surface area contributed by atoms with Crippen LogP contribution in [0.25, 0.3) is 0 Å². The van der Waals surface area contributed by atoms with E-state index in [1.807, 2.05) is 0 Å². The molecule has 0 aromatic heterocycles. The van der Waals surface area contributed by atoms with Crippen LogP contribution in [-0.4, -0.2) is 10.7 Å². The van der Waals surface area contributed by atoms with Crippen LogP contribution in [0.5, 0.6) is 0 Å². The summed E-state index contributed by atoms with van der Waals surface area (Å²) in [5, 5.41) is 10.8. The fourth-order valence-electron chi connectivity index (χ4n) is 3.30. The lowest BCUT2D eigenvalue weighted by Crippen LogP contribution is -2.41. The summed E-state index contributed by atoms with van der Waals surface area (Å²) in [6, 6.07) is 10.6. The Morgan fingerprint density at radius 2 is 1.89 bits per heavy atom. The van der Waals surface area contributed by atoms with Crippen LogP contribution < -0.4 is 0 Å². The fourth-order valence-corrected chi connectivity index (χ4v) is 3.30. The molecule has 1 aromatic carbocycles. The maximum Gasteiger partial charge on any atom is 0.0675 e. The topological polar surface area (TPSA) is 20.2 Å². The predicted octanol–water partition coefficient (Wildman–Crippen LogP) is 4.20. The summed E-state index contributed by atoms with van der Waals surface area (Å²) in [5.41, 5.74) is 0.976. The number of aliphatic hydroxyl groups is 1. The van der Waals surface area contributed by atoms with Crippen molar-refractivity contribution >= 4 is 0 Å². The summed E-state index contributed by atoms with van der Waals surface area (Å²) in [6.07, 6.45) is 6.59. The average Bonchev–Trinajstić information content (AvgIpc) is 2.36. The van der Waals surface area contributed by atoms with Crippen molar-refractivity contribution in [2.24, 2.45) is 11.8 Å². The van der Waals surface area contributed by atoms with Gasteiger partial charge in [0.15, 0.2) is 0 Å². The van der Waals surface area contributed by atoms with Crippen LogP contribution in [0.2, 0.25) is 0 Å². The van der Waals surface area contributed by atoms with Crippen LogP contribution in [-0.2, 0) is 6.42 Å². The molecule has 3 atom stereocenters. The Kier molecular flexibility index (Phi) is 4.45. The van der Waals surface area contributed by atoms with Gasteiger partial charge in [0.2, 0.25) is 0 Å². The Morgan fingerprint density at radius 1 is 1.17 bits per heavy atom. The van der Waals surface area contributed by atoms with Gasteiger partial charge in [-0.1, -0.05) is 50.6 Å². The lowest BCUT2D eigenvalue weighted by Gasteiger charge is -2.41. The van der Waals surface area contributed by atoms with Crippen molar-refractivity contribution in [2.75, 3.05) is 0 Å². The summed E-state index contributed by atoms with van der Waals surface area (Å²) in [6.45, 7) is 4.49. The molecule has 0 bridgehead atoms. The third-order valence-corrected chi connectivity index (χ3v) is 4.63. The third kappa shape index (κ3) is 3.35. The average molecular weight is 246 g/mol. The molecule has 0 aliphatic heterocycles. The van der Waals surface area contributed by atoms with Gasteiger partial charge < -0.3 is 5.11 Å². The maximum absolute atomic E-state index is 10.8. The van der Waals surface area contributed by atoms with Crippen molar-refractivity contribution in [1.82, 2.24) is 0 Å². The molecule has 1 aliphatic carbocycles. The number of aryl methyl sites for hydroxylation is 1. The van der Waals surface area contributed by atoms with E-state index in [0.717, 1.165) is 25.7 Å². The van der Waals surface area contributed by atoms with E-state index >= 15 is 0 Å². The Morgan fingerprint density at radius 3 is 2.61 bits per heavy atom. The minimum absolute atomic E-state index is 0.410. The minimum atomic E-state index is -0.410. The Balaban J connectivity index is 1.85. The highest BCUT2D eigenvalue weighted by Gasteiger charge is 2.37. The van der Waals surface area contributed by atoms with Crippen molar-refractivity contribution in [3.05, 3.63) is 35.9 Å². The molecule has 0 radical (unpaired) electrons. The lowest BCUT2D eigenvalue weighted by molar-refractivity contribution is -0.0640. The highest BCUT2D eigenvalue weighted by molar-refractivity contribution is 5.14. The first kappa shape index (κ1) is 13.6. The van der Waals surface area contributed by atoms with Gasteiger partial charge in [0.25, 0.3) is 0 Å². The maximum atomic E-state index is 10.8. The lowest BCUT2D eigenvalue weighted by atomic mass is 9.70. The SMILES string of the molecule is CC1CCC(C)C(O)(CCCc2ccccc2)C1. The van der Waals surface area contributed by atoms with Gasteiger partial charge in [0.1, 0.15) is 0 Å². The molecule has 1 aromatic rings. The van der Waals surface area contributed by atoms with E-state index in [-0.39, 0.29) is 0 Å². The first-order chi connectivity index (χ1) is 8.60. The number of benzene rings is 1. The van der Waals surface area contributed by atoms with Crippen molar-refractivity contribution in [2.45, 2.75) is 58.0 Å². The second kappa shape index (κ2) is 5.88. The monoisotopic (exact) mass is 246 g/mol. The Hall–Kier alpha value is -0.820. The Labute approximate surface area is 111 Å². The zero-order chi connectivity index (χ0) is 13.0. The van der Waals surface area contributed by atoms with Gasteiger partial charge >= 0.3 is 0 Å². The number of hydrogen-bond donors (Lipinski definition) is 1. The normalized spacial score (nSPS) is 32.4. The molecule has 0 heterocycles. The van der Waals surface area contributed by atoms with Crippen molar-refractivity contribution in [1.29, 1.82) is 0 Å².